The second-order valence-electron chi connectivity index (χ2n) is 3.70. The Morgan fingerprint density at radius 3 is 2.11 bits per heavy atom. The summed E-state index contributed by atoms with van der Waals surface area (Å²) in [5.41, 5.74) is -1.04. The van der Waals surface area contributed by atoms with Gasteiger partial charge in [-0.3, -0.25) is 4.79 Å². The van der Waals surface area contributed by atoms with E-state index in [-0.39, 0.29) is 0 Å². The third kappa shape index (κ3) is 2.90. The number of amides is 1. The molecule has 2 aromatic carbocycles. The first-order valence-electron chi connectivity index (χ1n) is 5.19. The average Bonchev–Trinajstić information content (AvgIpc) is 2.36. The van der Waals surface area contributed by atoms with Crippen LogP contribution in [0.3, 0.4) is 0 Å². The predicted octanol–water partition coefficient (Wildman–Crippen LogP) is 3.50. The van der Waals surface area contributed by atoms with Gasteiger partial charge in [0.2, 0.25) is 0 Å². The second-order valence-corrected chi connectivity index (χ2v) is 3.70. The molecule has 0 aliphatic carbocycles. The number of carbonyl (C=O) groups excluding carboxylic acids is 1. The van der Waals surface area contributed by atoms with E-state index in [1.165, 1.54) is 0 Å². The minimum atomic E-state index is -1.07. The summed E-state index contributed by atoms with van der Waals surface area (Å²) in [5.74, 6) is -4.49. The third-order valence-corrected chi connectivity index (χ3v) is 2.35. The van der Waals surface area contributed by atoms with Gasteiger partial charge in [0.25, 0.3) is 5.91 Å². The lowest BCUT2D eigenvalue weighted by atomic mass is 10.2. The number of rotatable bonds is 2. The van der Waals surface area contributed by atoms with E-state index >= 15 is 0 Å². The van der Waals surface area contributed by atoms with Crippen molar-refractivity contribution in [2.75, 3.05) is 5.32 Å². The maximum Gasteiger partial charge on any atom is 0.258 e. The van der Waals surface area contributed by atoms with E-state index in [1.54, 1.807) is 0 Å². The number of anilines is 1. The highest BCUT2D eigenvalue weighted by atomic mass is 19.1. The van der Waals surface area contributed by atoms with Crippen LogP contribution in [0.15, 0.2) is 36.4 Å². The van der Waals surface area contributed by atoms with Crippen molar-refractivity contribution in [3.8, 4) is 0 Å². The van der Waals surface area contributed by atoms with Crippen LogP contribution in [0, 0.1) is 23.3 Å². The Balaban J connectivity index is 2.30. The van der Waals surface area contributed by atoms with Crippen molar-refractivity contribution in [3.63, 3.8) is 0 Å². The third-order valence-electron chi connectivity index (χ3n) is 2.35. The van der Waals surface area contributed by atoms with E-state index in [4.69, 9.17) is 0 Å². The fraction of sp³-hybridized carbons (Fsp3) is 0. The molecule has 1 amide bonds. The topological polar surface area (TPSA) is 29.1 Å². The molecule has 19 heavy (non-hydrogen) atoms. The second kappa shape index (κ2) is 5.09. The summed E-state index contributed by atoms with van der Waals surface area (Å²) in [6.07, 6.45) is 0. The van der Waals surface area contributed by atoms with Crippen LogP contribution in [0.1, 0.15) is 10.4 Å². The Hall–Kier alpha value is -2.37. The van der Waals surface area contributed by atoms with Crippen LogP contribution >= 0.6 is 0 Å². The quantitative estimate of drug-likeness (QED) is 0.831. The van der Waals surface area contributed by atoms with Crippen LogP contribution < -0.4 is 5.32 Å². The van der Waals surface area contributed by atoms with E-state index in [9.17, 15) is 22.4 Å². The largest absolute Gasteiger partial charge is 0.319 e. The molecule has 0 atom stereocenters. The SMILES string of the molecule is O=C(Nc1cc(F)ccc1F)c1cc(F)ccc1F. The average molecular weight is 269 g/mol. The van der Waals surface area contributed by atoms with E-state index in [2.05, 4.69) is 0 Å². The Morgan fingerprint density at radius 2 is 1.42 bits per heavy atom. The molecule has 2 nitrogen and oxygen atoms in total. The number of carbonyl (C=O) groups is 1. The molecule has 0 bridgehead atoms. The zero-order valence-corrected chi connectivity index (χ0v) is 9.38. The first-order chi connectivity index (χ1) is 8.97. The number of benzene rings is 2. The van der Waals surface area contributed by atoms with E-state index in [0.717, 1.165) is 30.3 Å². The molecular weight excluding hydrogens is 262 g/mol. The van der Waals surface area contributed by atoms with Gasteiger partial charge in [-0.2, -0.15) is 0 Å². The zero-order chi connectivity index (χ0) is 14.0. The van der Waals surface area contributed by atoms with Crippen LogP contribution in [-0.4, -0.2) is 5.91 Å². The van der Waals surface area contributed by atoms with Crippen molar-refractivity contribution in [3.05, 3.63) is 65.2 Å². The van der Waals surface area contributed by atoms with Crippen molar-refractivity contribution < 1.29 is 22.4 Å². The van der Waals surface area contributed by atoms with Gasteiger partial charge in [0.1, 0.15) is 23.3 Å². The van der Waals surface area contributed by atoms with E-state index in [0.29, 0.717) is 6.07 Å². The maximum absolute atomic E-state index is 13.3. The molecule has 0 saturated heterocycles. The highest BCUT2D eigenvalue weighted by molar-refractivity contribution is 6.04. The van der Waals surface area contributed by atoms with E-state index in [1.807, 2.05) is 5.32 Å². The molecule has 98 valence electrons. The summed E-state index contributed by atoms with van der Waals surface area (Å²) in [6.45, 7) is 0. The van der Waals surface area contributed by atoms with Crippen molar-refractivity contribution in [1.29, 1.82) is 0 Å². The minimum Gasteiger partial charge on any atom is -0.319 e. The molecule has 0 heterocycles. The van der Waals surface area contributed by atoms with Crippen LogP contribution in [0.4, 0.5) is 23.2 Å². The Labute approximate surface area is 105 Å². The van der Waals surface area contributed by atoms with Crippen molar-refractivity contribution in [2.45, 2.75) is 0 Å². The molecule has 2 rings (SSSR count). The van der Waals surface area contributed by atoms with Gasteiger partial charge >= 0.3 is 0 Å². The molecule has 0 aliphatic rings. The summed E-state index contributed by atoms with van der Waals surface area (Å²) < 4.78 is 52.4. The molecule has 6 heteroatoms. The lowest BCUT2D eigenvalue weighted by Gasteiger charge is -2.07. The highest BCUT2D eigenvalue weighted by Crippen LogP contribution is 2.17. The van der Waals surface area contributed by atoms with Crippen LogP contribution in [0.5, 0.6) is 0 Å². The molecular formula is C13H7F4NO. The van der Waals surface area contributed by atoms with Crippen LogP contribution in [-0.2, 0) is 0 Å². The van der Waals surface area contributed by atoms with Gasteiger partial charge in [-0.15, -0.1) is 0 Å². The first kappa shape index (κ1) is 13.1. The van der Waals surface area contributed by atoms with Crippen molar-refractivity contribution in [2.24, 2.45) is 0 Å². The molecule has 2 aromatic rings. The number of hydrogen-bond acceptors (Lipinski definition) is 1. The van der Waals surface area contributed by atoms with E-state index < -0.39 is 40.4 Å². The Kier molecular flexibility index (Phi) is 3.50. The number of halogens is 4. The highest BCUT2D eigenvalue weighted by Gasteiger charge is 2.15. The summed E-state index contributed by atoms with van der Waals surface area (Å²) in [6, 6.07) is 4.70. The number of nitrogens with one attached hydrogen (secondary N) is 1. The van der Waals surface area contributed by atoms with Crippen LogP contribution in [0.2, 0.25) is 0 Å². The first-order valence-corrected chi connectivity index (χ1v) is 5.19. The predicted molar refractivity (Wildman–Crippen MR) is 60.7 cm³/mol. The molecule has 1 N–H and O–H groups in total. The lowest BCUT2D eigenvalue weighted by Crippen LogP contribution is -2.15. The van der Waals surface area contributed by atoms with Gasteiger partial charge in [0, 0.05) is 6.07 Å². The lowest BCUT2D eigenvalue weighted by molar-refractivity contribution is 0.102. The van der Waals surface area contributed by atoms with Gasteiger partial charge in [-0.1, -0.05) is 0 Å². The molecule has 0 aromatic heterocycles. The summed E-state index contributed by atoms with van der Waals surface area (Å²) >= 11 is 0. The molecule has 0 saturated carbocycles. The normalized spacial score (nSPS) is 10.3. The fourth-order valence-electron chi connectivity index (χ4n) is 1.45. The zero-order valence-electron chi connectivity index (χ0n) is 9.38. The fourth-order valence-corrected chi connectivity index (χ4v) is 1.45. The van der Waals surface area contributed by atoms with Gasteiger partial charge in [-0.05, 0) is 30.3 Å². The molecule has 0 unspecified atom stereocenters. The number of hydrogen-bond donors (Lipinski definition) is 1. The monoisotopic (exact) mass is 269 g/mol. The molecule has 0 radical (unpaired) electrons. The Morgan fingerprint density at radius 1 is 0.842 bits per heavy atom. The van der Waals surface area contributed by atoms with Gasteiger partial charge in [-0.25, -0.2) is 17.6 Å². The minimum absolute atomic E-state index is 0.450. The maximum atomic E-state index is 13.3. The van der Waals surface area contributed by atoms with Gasteiger partial charge < -0.3 is 5.32 Å². The summed E-state index contributed by atoms with van der Waals surface area (Å²) in [7, 11) is 0. The van der Waals surface area contributed by atoms with Gasteiger partial charge in [0.05, 0.1) is 11.3 Å². The standard InChI is InChI=1S/C13H7F4NO/c14-7-1-3-10(16)9(5-7)13(19)18-12-6-8(15)2-4-11(12)17/h1-6H,(H,18,19). The van der Waals surface area contributed by atoms with Crippen molar-refractivity contribution >= 4 is 11.6 Å². The summed E-state index contributed by atoms with van der Waals surface area (Å²) in [4.78, 5) is 11.6. The summed E-state index contributed by atoms with van der Waals surface area (Å²) in [5, 5.41) is 1.97. The van der Waals surface area contributed by atoms with Crippen LogP contribution in [0.25, 0.3) is 0 Å². The molecule has 0 aliphatic heterocycles. The smallest absolute Gasteiger partial charge is 0.258 e. The Bertz CT molecular complexity index is 643. The van der Waals surface area contributed by atoms with Crippen molar-refractivity contribution in [1.82, 2.24) is 0 Å². The molecule has 0 spiro atoms. The van der Waals surface area contributed by atoms with Gasteiger partial charge in [0.15, 0.2) is 0 Å². The molecule has 0 fully saturated rings.